The molecule has 0 saturated heterocycles. The number of benzene rings is 3. The number of rotatable bonds is 10. The van der Waals surface area contributed by atoms with Crippen LogP contribution in [0.25, 0.3) is 0 Å². The third-order valence-corrected chi connectivity index (χ3v) is 7.65. The summed E-state index contributed by atoms with van der Waals surface area (Å²) >= 11 is 0. The van der Waals surface area contributed by atoms with E-state index in [1.165, 1.54) is 31.2 Å². The van der Waals surface area contributed by atoms with Crippen molar-refractivity contribution in [2.45, 2.75) is 31.3 Å². The van der Waals surface area contributed by atoms with Gasteiger partial charge in [-0.1, -0.05) is 48.0 Å². The van der Waals surface area contributed by atoms with Gasteiger partial charge >= 0.3 is 0 Å². The van der Waals surface area contributed by atoms with Crippen LogP contribution >= 0.6 is 0 Å². The fourth-order valence-electron chi connectivity index (χ4n) is 3.68. The van der Waals surface area contributed by atoms with Gasteiger partial charge in [0.05, 0.1) is 17.7 Å². The van der Waals surface area contributed by atoms with Gasteiger partial charge in [-0.15, -0.1) is 0 Å². The van der Waals surface area contributed by atoms with Gasteiger partial charge in [0.2, 0.25) is 11.8 Å². The maximum Gasteiger partial charge on any atom is 0.264 e. The summed E-state index contributed by atoms with van der Waals surface area (Å²) in [5.74, 6) is -0.340. The number of amides is 2. The Morgan fingerprint density at radius 1 is 0.944 bits per heavy atom. The third-order valence-electron chi connectivity index (χ3n) is 5.86. The lowest BCUT2D eigenvalue weighted by atomic mass is 10.1. The summed E-state index contributed by atoms with van der Waals surface area (Å²) in [5, 5.41) is 2.57. The molecule has 0 radical (unpaired) electrons. The van der Waals surface area contributed by atoms with Crippen LogP contribution in [0.15, 0.2) is 83.8 Å². The second-order valence-electron chi connectivity index (χ2n) is 8.32. The van der Waals surface area contributed by atoms with Crippen LogP contribution in [0.1, 0.15) is 18.1 Å². The predicted molar refractivity (Wildman–Crippen MR) is 139 cm³/mol. The zero-order valence-corrected chi connectivity index (χ0v) is 21.7. The summed E-state index contributed by atoms with van der Waals surface area (Å²) in [6.45, 7) is 3.25. The molecule has 0 unspecified atom stereocenters. The Kier molecular flexibility index (Phi) is 8.71. The molecule has 0 aliphatic rings. The van der Waals surface area contributed by atoms with Crippen molar-refractivity contribution in [1.29, 1.82) is 0 Å². The van der Waals surface area contributed by atoms with Crippen LogP contribution in [0.5, 0.6) is 5.75 Å². The topological polar surface area (TPSA) is 96.0 Å². The normalized spacial score (nSPS) is 11.9. The molecular formula is C27H31N3O5S. The van der Waals surface area contributed by atoms with Crippen molar-refractivity contribution in [2.75, 3.05) is 25.0 Å². The van der Waals surface area contributed by atoms with Crippen molar-refractivity contribution >= 4 is 27.5 Å². The third kappa shape index (κ3) is 6.23. The van der Waals surface area contributed by atoms with Gasteiger partial charge in [-0.2, -0.15) is 0 Å². The highest BCUT2D eigenvalue weighted by atomic mass is 32.2. The van der Waals surface area contributed by atoms with Crippen LogP contribution in [-0.2, 0) is 26.2 Å². The van der Waals surface area contributed by atoms with Gasteiger partial charge in [0.1, 0.15) is 18.3 Å². The van der Waals surface area contributed by atoms with Gasteiger partial charge in [0.15, 0.2) is 0 Å². The number of methoxy groups -OCH3 is 1. The summed E-state index contributed by atoms with van der Waals surface area (Å²) in [6.07, 6.45) is 0. The highest BCUT2D eigenvalue weighted by Crippen LogP contribution is 2.25. The van der Waals surface area contributed by atoms with Gasteiger partial charge in [-0.05, 0) is 55.8 Å². The zero-order valence-electron chi connectivity index (χ0n) is 20.8. The van der Waals surface area contributed by atoms with Crippen molar-refractivity contribution < 1.29 is 22.7 Å². The molecule has 3 rings (SSSR count). The summed E-state index contributed by atoms with van der Waals surface area (Å²) < 4.78 is 33.6. The van der Waals surface area contributed by atoms with E-state index in [4.69, 9.17) is 4.74 Å². The number of anilines is 1. The van der Waals surface area contributed by atoms with Gasteiger partial charge in [-0.25, -0.2) is 8.42 Å². The Balaban J connectivity index is 1.99. The standard InChI is InChI=1S/C27H31N3O5S/c1-20-10-12-22(13-11-20)18-29(21(2)27(32)28-3)26(31)19-30(23-8-6-5-7-9-23)36(33,34)25-16-14-24(35-4)15-17-25/h5-17,21H,18-19H2,1-4H3,(H,28,32)/t21-/m1/s1. The van der Waals surface area contributed by atoms with Crippen LogP contribution in [0.3, 0.4) is 0 Å². The molecule has 0 aromatic heterocycles. The monoisotopic (exact) mass is 509 g/mol. The van der Waals surface area contributed by atoms with Gasteiger partial charge in [0.25, 0.3) is 10.0 Å². The molecule has 0 heterocycles. The van der Waals surface area contributed by atoms with Gasteiger partial charge < -0.3 is 15.0 Å². The number of carbonyl (C=O) groups is 2. The van der Waals surface area contributed by atoms with Crippen LogP contribution in [0.2, 0.25) is 0 Å². The fraction of sp³-hybridized carbons (Fsp3) is 0.259. The van der Waals surface area contributed by atoms with E-state index < -0.39 is 28.5 Å². The molecule has 0 bridgehead atoms. The largest absolute Gasteiger partial charge is 0.497 e. The Bertz CT molecular complexity index is 1280. The number of carbonyl (C=O) groups excluding carboxylic acids is 2. The smallest absolute Gasteiger partial charge is 0.264 e. The molecular weight excluding hydrogens is 478 g/mol. The number of hydrogen-bond donors (Lipinski definition) is 1. The first-order chi connectivity index (χ1) is 17.2. The van der Waals surface area contributed by atoms with Gasteiger partial charge in [-0.3, -0.25) is 13.9 Å². The number of likely N-dealkylation sites (N-methyl/N-ethyl adjacent to an activating group) is 1. The van der Waals surface area contributed by atoms with Crippen molar-refractivity contribution in [2.24, 2.45) is 0 Å². The first-order valence-corrected chi connectivity index (χ1v) is 12.9. The lowest BCUT2D eigenvalue weighted by Crippen LogP contribution is -2.50. The summed E-state index contributed by atoms with van der Waals surface area (Å²) in [6, 6.07) is 21.2. The van der Waals surface area contributed by atoms with E-state index in [0.717, 1.165) is 15.4 Å². The van der Waals surface area contributed by atoms with E-state index in [1.807, 2.05) is 31.2 Å². The van der Waals surface area contributed by atoms with E-state index in [0.29, 0.717) is 11.4 Å². The lowest BCUT2D eigenvalue weighted by Gasteiger charge is -2.31. The number of hydrogen-bond acceptors (Lipinski definition) is 5. The molecule has 9 heteroatoms. The van der Waals surface area contributed by atoms with Crippen molar-refractivity contribution in [1.82, 2.24) is 10.2 Å². The quantitative estimate of drug-likeness (QED) is 0.452. The molecule has 2 amide bonds. The second kappa shape index (κ2) is 11.7. The molecule has 0 aliphatic carbocycles. The summed E-state index contributed by atoms with van der Waals surface area (Å²) in [7, 11) is -1.12. The molecule has 3 aromatic carbocycles. The molecule has 1 N–H and O–H groups in total. The van der Waals surface area contributed by atoms with Crippen LogP contribution < -0.4 is 14.4 Å². The number of nitrogens with zero attached hydrogens (tertiary/aromatic N) is 2. The minimum absolute atomic E-state index is 0.0180. The summed E-state index contributed by atoms with van der Waals surface area (Å²) in [4.78, 5) is 27.6. The Morgan fingerprint density at radius 2 is 1.56 bits per heavy atom. The number of para-hydroxylation sites is 1. The molecule has 0 aliphatic heterocycles. The van der Waals surface area contributed by atoms with E-state index in [2.05, 4.69) is 5.32 Å². The molecule has 8 nitrogen and oxygen atoms in total. The summed E-state index contributed by atoms with van der Waals surface area (Å²) in [5.41, 5.74) is 2.23. The number of nitrogens with one attached hydrogen (secondary N) is 1. The van der Waals surface area contributed by atoms with Crippen molar-refractivity contribution in [3.63, 3.8) is 0 Å². The van der Waals surface area contributed by atoms with Gasteiger partial charge in [0, 0.05) is 13.6 Å². The molecule has 3 aromatic rings. The Labute approximate surface area is 212 Å². The lowest BCUT2D eigenvalue weighted by molar-refractivity contribution is -0.139. The second-order valence-corrected chi connectivity index (χ2v) is 10.2. The number of ether oxygens (including phenoxy) is 1. The average molecular weight is 510 g/mol. The molecule has 1 atom stereocenters. The maximum atomic E-state index is 13.7. The molecule has 0 saturated carbocycles. The van der Waals surface area contributed by atoms with Crippen LogP contribution in [0.4, 0.5) is 5.69 Å². The Morgan fingerprint density at radius 3 is 2.11 bits per heavy atom. The number of sulfonamides is 1. The Hall–Kier alpha value is -3.85. The maximum absolute atomic E-state index is 13.7. The zero-order chi connectivity index (χ0) is 26.3. The number of aryl methyl sites for hydroxylation is 1. The molecule has 0 spiro atoms. The first-order valence-electron chi connectivity index (χ1n) is 11.5. The van der Waals surface area contributed by atoms with E-state index >= 15 is 0 Å². The predicted octanol–water partition coefficient (Wildman–Crippen LogP) is 3.36. The minimum Gasteiger partial charge on any atom is -0.497 e. The molecule has 190 valence electrons. The van der Waals surface area contributed by atoms with E-state index in [9.17, 15) is 18.0 Å². The highest BCUT2D eigenvalue weighted by molar-refractivity contribution is 7.92. The van der Waals surface area contributed by atoms with E-state index in [1.54, 1.807) is 49.4 Å². The van der Waals surface area contributed by atoms with Crippen LogP contribution in [0, 0.1) is 6.92 Å². The first kappa shape index (κ1) is 26.7. The fourth-order valence-corrected chi connectivity index (χ4v) is 5.09. The van der Waals surface area contributed by atoms with Crippen molar-refractivity contribution in [3.05, 3.63) is 90.0 Å². The van der Waals surface area contributed by atoms with E-state index in [-0.39, 0.29) is 17.3 Å². The average Bonchev–Trinajstić information content (AvgIpc) is 2.90. The van der Waals surface area contributed by atoms with Crippen molar-refractivity contribution in [3.8, 4) is 5.75 Å². The SMILES string of the molecule is CNC(=O)[C@@H](C)N(Cc1ccc(C)cc1)C(=O)CN(c1ccccc1)S(=O)(=O)c1ccc(OC)cc1. The minimum atomic E-state index is -4.11. The highest BCUT2D eigenvalue weighted by Gasteiger charge is 2.32. The molecule has 0 fully saturated rings. The molecule has 36 heavy (non-hydrogen) atoms. The van der Waals surface area contributed by atoms with Crippen LogP contribution in [-0.4, -0.2) is 51.9 Å².